The van der Waals surface area contributed by atoms with Gasteiger partial charge in [-0.2, -0.15) is 0 Å². The lowest BCUT2D eigenvalue weighted by Gasteiger charge is -2.37. The fraction of sp³-hybridized carbons (Fsp3) is 0.538. The van der Waals surface area contributed by atoms with Crippen LogP contribution in [-0.2, 0) is 0 Å². The Bertz CT molecular complexity index is 406. The molecule has 1 aliphatic heterocycles. The Morgan fingerprint density at radius 1 is 1.59 bits per heavy atom. The largest absolute Gasteiger partial charge is 0.478 e. The van der Waals surface area contributed by atoms with Crippen molar-refractivity contribution in [1.82, 2.24) is 4.98 Å². The van der Waals surface area contributed by atoms with E-state index in [1.54, 1.807) is 12.3 Å². The molecule has 1 N–H and O–H groups in total. The maximum atomic E-state index is 11.2. The smallest absolute Gasteiger partial charge is 0.337 e. The molecule has 4 nitrogen and oxygen atoms in total. The van der Waals surface area contributed by atoms with Crippen molar-refractivity contribution >= 4 is 11.7 Å². The van der Waals surface area contributed by atoms with Gasteiger partial charge in [0.15, 0.2) is 0 Å². The van der Waals surface area contributed by atoms with Gasteiger partial charge in [-0.05, 0) is 31.7 Å². The molecule has 1 atom stereocenters. The summed E-state index contributed by atoms with van der Waals surface area (Å²) in [5.74, 6) is -0.872. The first-order chi connectivity index (χ1) is 8.24. The molecule has 0 bridgehead atoms. The molecule has 1 unspecified atom stereocenters. The molecule has 0 radical (unpaired) electrons. The summed E-state index contributed by atoms with van der Waals surface area (Å²) < 4.78 is 0. The molecule has 1 aromatic rings. The summed E-state index contributed by atoms with van der Waals surface area (Å²) in [5.41, 5.74) is 1.13. The van der Waals surface area contributed by atoms with Gasteiger partial charge in [0.2, 0.25) is 0 Å². The van der Waals surface area contributed by atoms with Crippen molar-refractivity contribution in [2.24, 2.45) is 0 Å². The van der Waals surface area contributed by atoms with Crippen molar-refractivity contribution in [2.75, 3.05) is 11.4 Å². The van der Waals surface area contributed by atoms with Crippen LogP contribution in [0.1, 0.15) is 43.0 Å². The zero-order valence-electron chi connectivity index (χ0n) is 10.1. The molecule has 0 aliphatic carbocycles. The van der Waals surface area contributed by atoms with Crippen molar-refractivity contribution in [3.63, 3.8) is 0 Å². The van der Waals surface area contributed by atoms with Crippen LogP contribution < -0.4 is 4.90 Å². The Morgan fingerprint density at radius 2 is 2.41 bits per heavy atom. The minimum absolute atomic E-state index is 0.361. The van der Waals surface area contributed by atoms with Gasteiger partial charge in [0.05, 0.1) is 17.4 Å². The highest BCUT2D eigenvalue weighted by atomic mass is 16.4. The lowest BCUT2D eigenvalue weighted by molar-refractivity contribution is 0.0697. The molecule has 0 aromatic carbocycles. The Morgan fingerprint density at radius 3 is 3.12 bits per heavy atom. The van der Waals surface area contributed by atoms with E-state index in [1.807, 2.05) is 0 Å². The summed E-state index contributed by atoms with van der Waals surface area (Å²) in [6, 6.07) is 2.03. The number of nitrogens with zero attached hydrogens (tertiary/aromatic N) is 2. The topological polar surface area (TPSA) is 53.4 Å². The van der Waals surface area contributed by atoms with Crippen LogP contribution in [0, 0.1) is 0 Å². The van der Waals surface area contributed by atoms with Crippen LogP contribution in [0.5, 0.6) is 0 Å². The van der Waals surface area contributed by atoms with Crippen LogP contribution in [-0.4, -0.2) is 28.6 Å². The Balaban J connectivity index is 2.34. The lowest BCUT2D eigenvalue weighted by atomic mass is 9.98. The highest BCUT2D eigenvalue weighted by Gasteiger charge is 2.24. The summed E-state index contributed by atoms with van der Waals surface area (Å²) in [4.78, 5) is 17.5. The molecule has 0 spiro atoms. The van der Waals surface area contributed by atoms with Crippen molar-refractivity contribution in [3.8, 4) is 0 Å². The second-order valence-electron chi connectivity index (χ2n) is 4.45. The van der Waals surface area contributed by atoms with E-state index >= 15 is 0 Å². The molecule has 1 aliphatic rings. The number of aromatic carboxylic acids is 1. The Hall–Kier alpha value is -1.58. The highest BCUT2D eigenvalue weighted by molar-refractivity contribution is 5.94. The van der Waals surface area contributed by atoms with Crippen LogP contribution in [0.3, 0.4) is 0 Å². The predicted molar refractivity (Wildman–Crippen MR) is 66.5 cm³/mol. The van der Waals surface area contributed by atoms with E-state index in [2.05, 4.69) is 16.8 Å². The molecule has 92 valence electrons. The summed E-state index contributed by atoms with van der Waals surface area (Å²) in [6.45, 7) is 3.09. The van der Waals surface area contributed by atoms with Crippen LogP contribution in [0.2, 0.25) is 0 Å². The van der Waals surface area contributed by atoms with E-state index in [4.69, 9.17) is 0 Å². The van der Waals surface area contributed by atoms with Gasteiger partial charge in [-0.3, -0.25) is 4.98 Å². The van der Waals surface area contributed by atoms with Crippen molar-refractivity contribution in [2.45, 2.75) is 38.6 Å². The molecule has 2 rings (SSSR count). The second-order valence-corrected chi connectivity index (χ2v) is 4.45. The van der Waals surface area contributed by atoms with E-state index in [9.17, 15) is 9.90 Å². The summed E-state index contributed by atoms with van der Waals surface area (Å²) >= 11 is 0. The first-order valence-corrected chi connectivity index (χ1v) is 6.18. The molecule has 2 heterocycles. The number of rotatable bonds is 3. The number of hydrogen-bond donors (Lipinski definition) is 1. The average Bonchev–Trinajstić information content (AvgIpc) is 2.38. The monoisotopic (exact) mass is 234 g/mol. The SMILES string of the molecule is CCC1CCCCN1c1cnccc1C(=O)O. The Labute approximate surface area is 101 Å². The number of piperidine rings is 1. The molecule has 1 aromatic heterocycles. The maximum absolute atomic E-state index is 11.2. The first-order valence-electron chi connectivity index (χ1n) is 6.18. The fourth-order valence-electron chi connectivity index (χ4n) is 2.54. The third kappa shape index (κ3) is 2.40. The summed E-state index contributed by atoms with van der Waals surface area (Å²) in [5, 5.41) is 9.20. The molecule has 17 heavy (non-hydrogen) atoms. The van der Waals surface area contributed by atoms with Gasteiger partial charge < -0.3 is 10.0 Å². The van der Waals surface area contributed by atoms with Gasteiger partial charge in [0.1, 0.15) is 0 Å². The zero-order valence-corrected chi connectivity index (χ0v) is 10.1. The number of aromatic nitrogens is 1. The van der Waals surface area contributed by atoms with Crippen LogP contribution in [0.4, 0.5) is 5.69 Å². The van der Waals surface area contributed by atoms with E-state index in [0.29, 0.717) is 11.6 Å². The van der Waals surface area contributed by atoms with Crippen LogP contribution in [0.25, 0.3) is 0 Å². The van der Waals surface area contributed by atoms with Crippen LogP contribution >= 0.6 is 0 Å². The van der Waals surface area contributed by atoms with E-state index in [-0.39, 0.29) is 0 Å². The van der Waals surface area contributed by atoms with Gasteiger partial charge in [-0.1, -0.05) is 6.92 Å². The van der Waals surface area contributed by atoms with Crippen LogP contribution in [0.15, 0.2) is 18.5 Å². The number of hydrogen-bond acceptors (Lipinski definition) is 3. The van der Waals surface area contributed by atoms with E-state index in [0.717, 1.165) is 31.5 Å². The van der Waals surface area contributed by atoms with E-state index < -0.39 is 5.97 Å². The minimum Gasteiger partial charge on any atom is -0.478 e. The molecule has 1 saturated heterocycles. The minimum atomic E-state index is -0.872. The van der Waals surface area contributed by atoms with Crippen molar-refractivity contribution < 1.29 is 9.90 Å². The summed E-state index contributed by atoms with van der Waals surface area (Å²) in [6.07, 6.45) is 7.77. The number of carboxylic acid groups (broad SMARTS) is 1. The second kappa shape index (κ2) is 5.17. The van der Waals surface area contributed by atoms with Gasteiger partial charge in [-0.15, -0.1) is 0 Å². The third-order valence-corrected chi connectivity index (χ3v) is 3.44. The molecule has 1 fully saturated rings. The number of carbonyl (C=O) groups is 1. The standard InChI is InChI=1S/C13H18N2O2/c1-2-10-5-3-4-8-15(10)12-9-14-7-6-11(12)13(16)17/h6-7,9-10H,2-5,8H2,1H3,(H,16,17). The molecule has 0 saturated carbocycles. The Kier molecular flexibility index (Phi) is 3.61. The highest BCUT2D eigenvalue weighted by Crippen LogP contribution is 2.28. The number of anilines is 1. The van der Waals surface area contributed by atoms with Gasteiger partial charge >= 0.3 is 5.97 Å². The average molecular weight is 234 g/mol. The molecule has 4 heteroatoms. The molecular formula is C13H18N2O2. The quantitative estimate of drug-likeness (QED) is 0.873. The fourth-order valence-corrected chi connectivity index (χ4v) is 2.54. The maximum Gasteiger partial charge on any atom is 0.337 e. The van der Waals surface area contributed by atoms with E-state index in [1.165, 1.54) is 12.6 Å². The number of carboxylic acids is 1. The molecule has 0 amide bonds. The van der Waals surface area contributed by atoms with Gasteiger partial charge in [0, 0.05) is 18.8 Å². The first kappa shape index (κ1) is 11.9. The van der Waals surface area contributed by atoms with Gasteiger partial charge in [-0.25, -0.2) is 4.79 Å². The number of pyridine rings is 1. The van der Waals surface area contributed by atoms with Gasteiger partial charge in [0.25, 0.3) is 0 Å². The zero-order chi connectivity index (χ0) is 12.3. The normalized spacial score (nSPS) is 20.3. The van der Waals surface area contributed by atoms with Crippen molar-refractivity contribution in [3.05, 3.63) is 24.0 Å². The van der Waals surface area contributed by atoms with Crippen molar-refractivity contribution in [1.29, 1.82) is 0 Å². The summed E-state index contributed by atoms with van der Waals surface area (Å²) in [7, 11) is 0. The third-order valence-electron chi connectivity index (χ3n) is 3.44. The predicted octanol–water partition coefficient (Wildman–Crippen LogP) is 2.55. The molecular weight excluding hydrogens is 216 g/mol. The lowest BCUT2D eigenvalue weighted by Crippen LogP contribution is -2.40.